The number of hydrogen-bond acceptors (Lipinski definition) is 3. The van der Waals surface area contributed by atoms with Gasteiger partial charge in [0.05, 0.1) is 12.3 Å². The maximum absolute atomic E-state index is 5.65. The zero-order valence-corrected chi connectivity index (χ0v) is 10.8. The van der Waals surface area contributed by atoms with E-state index < -0.39 is 0 Å². The highest BCUT2D eigenvalue weighted by atomic mass is 16.5. The molecule has 2 unspecified atom stereocenters. The predicted octanol–water partition coefficient (Wildman–Crippen LogP) is 3.32. The van der Waals surface area contributed by atoms with E-state index in [2.05, 4.69) is 24.4 Å². The Morgan fingerprint density at radius 2 is 1.94 bits per heavy atom. The summed E-state index contributed by atoms with van der Waals surface area (Å²) in [4.78, 5) is 0. The maximum atomic E-state index is 5.65. The summed E-state index contributed by atoms with van der Waals surface area (Å²) in [6, 6.07) is 14.1. The lowest BCUT2D eigenvalue weighted by Gasteiger charge is -2.25. The molecule has 0 aliphatic rings. The van der Waals surface area contributed by atoms with Gasteiger partial charge in [-0.1, -0.05) is 37.3 Å². The molecule has 2 aromatic rings. The molecule has 3 nitrogen and oxygen atoms in total. The second kappa shape index (κ2) is 6.38. The van der Waals surface area contributed by atoms with Crippen molar-refractivity contribution < 1.29 is 9.15 Å². The van der Waals surface area contributed by atoms with E-state index in [1.54, 1.807) is 13.4 Å². The molecule has 0 amide bonds. The fraction of sp³-hybridized carbons (Fsp3) is 0.333. The Balaban J connectivity index is 2.28. The van der Waals surface area contributed by atoms with Gasteiger partial charge >= 0.3 is 0 Å². The van der Waals surface area contributed by atoms with Crippen molar-refractivity contribution in [3.63, 3.8) is 0 Å². The third kappa shape index (κ3) is 2.81. The number of nitrogens with one attached hydrogen (secondary N) is 1. The molecule has 1 heterocycles. The lowest BCUT2D eigenvalue weighted by atomic mass is 10.00. The monoisotopic (exact) mass is 245 g/mol. The lowest BCUT2D eigenvalue weighted by Crippen LogP contribution is -2.27. The SMILES string of the molecule is CCNC(c1ccco1)C(OC)c1ccccc1. The van der Waals surface area contributed by atoms with Crippen LogP contribution >= 0.6 is 0 Å². The van der Waals surface area contributed by atoms with Crippen LogP contribution in [0.25, 0.3) is 0 Å². The molecule has 0 fully saturated rings. The van der Waals surface area contributed by atoms with Crippen LogP contribution in [0.1, 0.15) is 30.4 Å². The van der Waals surface area contributed by atoms with Crippen LogP contribution in [0.3, 0.4) is 0 Å². The molecule has 18 heavy (non-hydrogen) atoms. The van der Waals surface area contributed by atoms with Gasteiger partial charge < -0.3 is 14.5 Å². The highest BCUT2D eigenvalue weighted by Crippen LogP contribution is 2.31. The van der Waals surface area contributed by atoms with Gasteiger partial charge in [0.2, 0.25) is 0 Å². The van der Waals surface area contributed by atoms with Crippen LogP contribution in [-0.2, 0) is 4.74 Å². The third-order valence-corrected chi connectivity index (χ3v) is 2.96. The van der Waals surface area contributed by atoms with Gasteiger partial charge in [-0.3, -0.25) is 0 Å². The van der Waals surface area contributed by atoms with E-state index in [1.807, 2.05) is 30.3 Å². The molecule has 0 aliphatic carbocycles. The highest BCUT2D eigenvalue weighted by Gasteiger charge is 2.25. The summed E-state index contributed by atoms with van der Waals surface area (Å²) in [5.74, 6) is 0.896. The minimum Gasteiger partial charge on any atom is -0.468 e. The van der Waals surface area contributed by atoms with Crippen molar-refractivity contribution in [2.75, 3.05) is 13.7 Å². The summed E-state index contributed by atoms with van der Waals surface area (Å²) in [7, 11) is 1.73. The van der Waals surface area contributed by atoms with Crippen molar-refractivity contribution in [3.05, 3.63) is 60.1 Å². The van der Waals surface area contributed by atoms with E-state index in [4.69, 9.17) is 9.15 Å². The van der Waals surface area contributed by atoms with Gasteiger partial charge in [-0.15, -0.1) is 0 Å². The molecule has 0 aliphatic heterocycles. The molecule has 2 atom stereocenters. The smallest absolute Gasteiger partial charge is 0.123 e. The van der Waals surface area contributed by atoms with Gasteiger partial charge in [-0.05, 0) is 24.2 Å². The molecule has 1 aromatic carbocycles. The molecule has 0 saturated heterocycles. The summed E-state index contributed by atoms with van der Waals surface area (Å²) in [5.41, 5.74) is 1.14. The molecule has 1 aromatic heterocycles. The Labute approximate surface area is 108 Å². The van der Waals surface area contributed by atoms with Crippen LogP contribution in [0, 0.1) is 0 Å². The summed E-state index contributed by atoms with van der Waals surface area (Å²) in [5, 5.41) is 3.42. The number of likely N-dealkylation sites (N-methyl/N-ethyl adjacent to an activating group) is 1. The number of benzene rings is 1. The molecule has 96 valence electrons. The molecule has 3 heteroatoms. The molecule has 0 bridgehead atoms. The van der Waals surface area contributed by atoms with E-state index in [0.29, 0.717) is 0 Å². The summed E-state index contributed by atoms with van der Waals surface area (Å²) in [6.07, 6.45) is 1.63. The number of methoxy groups -OCH3 is 1. The van der Waals surface area contributed by atoms with Gasteiger partial charge in [0.15, 0.2) is 0 Å². The third-order valence-electron chi connectivity index (χ3n) is 2.96. The van der Waals surface area contributed by atoms with Gasteiger partial charge in [0, 0.05) is 7.11 Å². The fourth-order valence-corrected chi connectivity index (χ4v) is 2.15. The average molecular weight is 245 g/mol. The number of rotatable bonds is 6. The molecule has 0 saturated carbocycles. The van der Waals surface area contributed by atoms with E-state index >= 15 is 0 Å². The summed E-state index contributed by atoms with van der Waals surface area (Å²) < 4.78 is 11.2. The average Bonchev–Trinajstić information content (AvgIpc) is 2.93. The van der Waals surface area contributed by atoms with Gasteiger partial charge in [-0.25, -0.2) is 0 Å². The Hall–Kier alpha value is -1.58. The number of furan rings is 1. The van der Waals surface area contributed by atoms with Crippen LogP contribution in [-0.4, -0.2) is 13.7 Å². The van der Waals surface area contributed by atoms with Crippen molar-refractivity contribution >= 4 is 0 Å². The summed E-state index contributed by atoms with van der Waals surface area (Å²) >= 11 is 0. The van der Waals surface area contributed by atoms with E-state index in [-0.39, 0.29) is 12.1 Å². The van der Waals surface area contributed by atoms with Crippen molar-refractivity contribution in [2.24, 2.45) is 0 Å². The first-order valence-corrected chi connectivity index (χ1v) is 6.21. The second-order valence-electron chi connectivity index (χ2n) is 4.12. The Morgan fingerprint density at radius 3 is 2.50 bits per heavy atom. The quantitative estimate of drug-likeness (QED) is 0.847. The zero-order valence-electron chi connectivity index (χ0n) is 10.8. The largest absolute Gasteiger partial charge is 0.468 e. The van der Waals surface area contributed by atoms with Crippen molar-refractivity contribution in [1.29, 1.82) is 0 Å². The van der Waals surface area contributed by atoms with Gasteiger partial charge in [0.25, 0.3) is 0 Å². The van der Waals surface area contributed by atoms with Crippen LogP contribution < -0.4 is 5.32 Å². The first-order chi connectivity index (χ1) is 8.86. The fourth-order valence-electron chi connectivity index (χ4n) is 2.15. The standard InChI is InChI=1S/C15H19NO2/c1-3-16-14(13-10-7-11-18-13)15(17-2)12-8-5-4-6-9-12/h4-11,14-16H,3H2,1-2H3. The van der Waals surface area contributed by atoms with Crippen LogP contribution in [0.2, 0.25) is 0 Å². The Kier molecular flexibility index (Phi) is 4.56. The molecule has 1 N–H and O–H groups in total. The van der Waals surface area contributed by atoms with Gasteiger partial charge in [-0.2, -0.15) is 0 Å². The van der Waals surface area contributed by atoms with E-state index in [9.17, 15) is 0 Å². The van der Waals surface area contributed by atoms with Crippen molar-refractivity contribution in [1.82, 2.24) is 5.32 Å². The molecular formula is C15H19NO2. The minimum absolute atomic E-state index is 0.0254. The molecule has 0 spiro atoms. The van der Waals surface area contributed by atoms with Crippen LogP contribution in [0.4, 0.5) is 0 Å². The van der Waals surface area contributed by atoms with E-state index in [1.165, 1.54) is 0 Å². The van der Waals surface area contributed by atoms with Gasteiger partial charge in [0.1, 0.15) is 11.9 Å². The zero-order chi connectivity index (χ0) is 12.8. The predicted molar refractivity (Wildman–Crippen MR) is 71.3 cm³/mol. The van der Waals surface area contributed by atoms with Crippen molar-refractivity contribution in [2.45, 2.75) is 19.1 Å². The van der Waals surface area contributed by atoms with Crippen LogP contribution in [0.15, 0.2) is 53.1 Å². The maximum Gasteiger partial charge on any atom is 0.123 e. The topological polar surface area (TPSA) is 34.4 Å². The van der Waals surface area contributed by atoms with E-state index in [0.717, 1.165) is 17.9 Å². The Bertz CT molecular complexity index is 439. The number of ether oxygens (including phenoxy) is 1. The second-order valence-corrected chi connectivity index (χ2v) is 4.12. The molecule has 2 rings (SSSR count). The first-order valence-electron chi connectivity index (χ1n) is 6.21. The molecular weight excluding hydrogens is 226 g/mol. The minimum atomic E-state index is -0.0581. The normalized spacial score (nSPS) is 14.3. The van der Waals surface area contributed by atoms with Crippen molar-refractivity contribution in [3.8, 4) is 0 Å². The number of hydrogen-bond donors (Lipinski definition) is 1. The van der Waals surface area contributed by atoms with Crippen LogP contribution in [0.5, 0.6) is 0 Å². The Morgan fingerprint density at radius 1 is 1.17 bits per heavy atom. The lowest BCUT2D eigenvalue weighted by molar-refractivity contribution is 0.0608. The molecule has 0 radical (unpaired) electrons. The highest BCUT2D eigenvalue weighted by molar-refractivity contribution is 5.22. The first kappa shape index (κ1) is 12.9. The summed E-state index contributed by atoms with van der Waals surface area (Å²) in [6.45, 7) is 2.94.